The predicted molar refractivity (Wildman–Crippen MR) is 116 cm³/mol. The van der Waals surface area contributed by atoms with Crippen molar-refractivity contribution in [1.29, 1.82) is 0 Å². The van der Waals surface area contributed by atoms with Gasteiger partial charge in [0.05, 0.1) is 18.1 Å². The monoisotopic (exact) mass is 398 g/mol. The molecule has 3 rings (SSSR count). The zero-order valence-electron chi connectivity index (χ0n) is 16.6. The van der Waals surface area contributed by atoms with Gasteiger partial charge in [0.15, 0.2) is 17.0 Å². The van der Waals surface area contributed by atoms with Crippen molar-refractivity contribution in [2.24, 2.45) is 0 Å². The van der Waals surface area contributed by atoms with E-state index in [2.05, 4.69) is 29.7 Å². The number of hydrogen-bond donors (Lipinski definition) is 2. The molecule has 0 radical (unpaired) electrons. The Morgan fingerprint density at radius 3 is 2.57 bits per heavy atom. The van der Waals surface area contributed by atoms with Gasteiger partial charge in [0, 0.05) is 5.69 Å². The van der Waals surface area contributed by atoms with Crippen LogP contribution in [0.1, 0.15) is 31.9 Å². The summed E-state index contributed by atoms with van der Waals surface area (Å²) in [5, 5.41) is 6.29. The molecule has 2 aromatic rings. The highest BCUT2D eigenvalue weighted by atomic mass is 32.2. The molecule has 0 aromatic heterocycles. The Bertz CT molecular complexity index is 863. The lowest BCUT2D eigenvalue weighted by Gasteiger charge is -2.14. The van der Waals surface area contributed by atoms with E-state index < -0.39 is 0 Å². The lowest BCUT2D eigenvalue weighted by molar-refractivity contribution is -0.116. The van der Waals surface area contributed by atoms with Crippen molar-refractivity contribution in [2.75, 3.05) is 12.4 Å². The van der Waals surface area contributed by atoms with Crippen LogP contribution in [0.5, 0.6) is 11.5 Å². The standard InChI is InChI=1S/C22H26N2O3S/c1-5-15-6-9-17(10-7-15)23-22-24-21(25)20(28-22)13-16-8-11-18(27-14(2)3)19(12-16)26-4/h6-14,22-23H,5H2,1-4H3,(H,24,25)/b20-13-/t22-/m0/s1. The molecule has 6 heteroatoms. The molecule has 1 heterocycles. The number of anilines is 1. The molecule has 28 heavy (non-hydrogen) atoms. The maximum Gasteiger partial charge on any atom is 0.260 e. The third-order valence-electron chi connectivity index (χ3n) is 4.24. The summed E-state index contributed by atoms with van der Waals surface area (Å²) in [6.45, 7) is 6.07. The van der Waals surface area contributed by atoms with Crippen LogP contribution in [0.4, 0.5) is 5.69 Å². The van der Waals surface area contributed by atoms with Crippen molar-refractivity contribution < 1.29 is 14.3 Å². The minimum Gasteiger partial charge on any atom is -0.493 e. The average molecular weight is 399 g/mol. The number of thioether (sulfide) groups is 1. The van der Waals surface area contributed by atoms with E-state index in [0.29, 0.717) is 16.4 Å². The highest BCUT2D eigenvalue weighted by Gasteiger charge is 2.27. The summed E-state index contributed by atoms with van der Waals surface area (Å²) in [5.41, 5.74) is 2.96. The number of aryl methyl sites for hydroxylation is 1. The SMILES string of the molecule is CCc1ccc(N[C@H]2NC(=O)/C(=C/c3ccc(OC(C)C)c(OC)c3)S2)cc1. The lowest BCUT2D eigenvalue weighted by atomic mass is 10.1. The maximum atomic E-state index is 12.4. The summed E-state index contributed by atoms with van der Waals surface area (Å²) < 4.78 is 11.2. The van der Waals surface area contributed by atoms with Gasteiger partial charge in [-0.1, -0.05) is 36.9 Å². The van der Waals surface area contributed by atoms with Gasteiger partial charge in [-0.3, -0.25) is 4.79 Å². The van der Waals surface area contributed by atoms with Crippen LogP contribution < -0.4 is 20.1 Å². The van der Waals surface area contributed by atoms with E-state index in [1.165, 1.54) is 17.3 Å². The fourth-order valence-electron chi connectivity index (χ4n) is 2.83. The molecule has 1 fully saturated rings. The molecule has 1 saturated heterocycles. The van der Waals surface area contributed by atoms with Crippen molar-refractivity contribution in [3.8, 4) is 11.5 Å². The van der Waals surface area contributed by atoms with Gasteiger partial charge in [-0.25, -0.2) is 0 Å². The van der Waals surface area contributed by atoms with Crippen molar-refractivity contribution >= 4 is 29.4 Å². The van der Waals surface area contributed by atoms with E-state index in [1.54, 1.807) is 7.11 Å². The first-order valence-corrected chi connectivity index (χ1v) is 10.3. The Balaban J connectivity index is 1.71. The number of ether oxygens (including phenoxy) is 2. The van der Waals surface area contributed by atoms with Crippen LogP contribution in [0.2, 0.25) is 0 Å². The van der Waals surface area contributed by atoms with Gasteiger partial charge < -0.3 is 20.1 Å². The molecule has 1 atom stereocenters. The van der Waals surface area contributed by atoms with Gasteiger partial charge in [0.2, 0.25) is 0 Å². The van der Waals surface area contributed by atoms with Gasteiger partial charge in [0.25, 0.3) is 5.91 Å². The van der Waals surface area contributed by atoms with Gasteiger partial charge in [0.1, 0.15) is 0 Å². The number of carbonyl (C=O) groups is 1. The van der Waals surface area contributed by atoms with Crippen molar-refractivity contribution in [3.63, 3.8) is 0 Å². The topological polar surface area (TPSA) is 59.6 Å². The Labute approximate surface area is 170 Å². The zero-order chi connectivity index (χ0) is 20.1. The van der Waals surface area contributed by atoms with Crippen LogP contribution in [0.25, 0.3) is 6.08 Å². The first-order valence-electron chi connectivity index (χ1n) is 9.38. The Morgan fingerprint density at radius 2 is 1.93 bits per heavy atom. The molecular formula is C22H26N2O3S. The molecule has 1 aliphatic rings. The summed E-state index contributed by atoms with van der Waals surface area (Å²) in [7, 11) is 1.61. The van der Waals surface area contributed by atoms with Crippen LogP contribution in [-0.4, -0.2) is 24.6 Å². The second-order valence-corrected chi connectivity index (χ2v) is 7.90. The van der Waals surface area contributed by atoms with Crippen LogP contribution >= 0.6 is 11.8 Å². The first kappa shape index (κ1) is 20.1. The number of hydrogen-bond acceptors (Lipinski definition) is 5. The number of methoxy groups -OCH3 is 1. The Hall–Kier alpha value is -2.60. The third-order valence-corrected chi connectivity index (χ3v) is 5.27. The summed E-state index contributed by atoms with van der Waals surface area (Å²) in [4.78, 5) is 13.0. The molecule has 1 aliphatic heterocycles. The highest BCUT2D eigenvalue weighted by molar-refractivity contribution is 8.05. The number of carbonyl (C=O) groups excluding carboxylic acids is 1. The Morgan fingerprint density at radius 1 is 1.18 bits per heavy atom. The molecule has 148 valence electrons. The molecule has 0 aliphatic carbocycles. The van der Waals surface area contributed by atoms with Gasteiger partial charge >= 0.3 is 0 Å². The average Bonchev–Trinajstić information content (AvgIpc) is 3.02. The summed E-state index contributed by atoms with van der Waals surface area (Å²) in [6.07, 6.45) is 2.93. The number of nitrogens with one attached hydrogen (secondary N) is 2. The minimum absolute atomic E-state index is 0.0625. The van der Waals surface area contributed by atoms with Crippen LogP contribution in [0.15, 0.2) is 47.4 Å². The van der Waals surface area contributed by atoms with E-state index in [1.807, 2.05) is 50.3 Å². The van der Waals surface area contributed by atoms with E-state index in [-0.39, 0.29) is 17.5 Å². The van der Waals surface area contributed by atoms with E-state index in [9.17, 15) is 4.79 Å². The van der Waals surface area contributed by atoms with Gasteiger partial charge in [-0.05, 0) is 61.7 Å². The fourth-order valence-corrected chi connectivity index (χ4v) is 3.81. The summed E-state index contributed by atoms with van der Waals surface area (Å²) in [6, 6.07) is 13.9. The smallest absolute Gasteiger partial charge is 0.260 e. The van der Waals surface area contributed by atoms with E-state index in [4.69, 9.17) is 9.47 Å². The molecule has 0 bridgehead atoms. The zero-order valence-corrected chi connectivity index (χ0v) is 17.4. The quantitative estimate of drug-likeness (QED) is 0.665. The number of benzene rings is 2. The molecular weight excluding hydrogens is 372 g/mol. The van der Waals surface area contributed by atoms with Crippen LogP contribution in [-0.2, 0) is 11.2 Å². The largest absolute Gasteiger partial charge is 0.493 e. The van der Waals surface area contributed by atoms with Crippen molar-refractivity contribution in [1.82, 2.24) is 5.32 Å². The summed E-state index contributed by atoms with van der Waals surface area (Å²) >= 11 is 1.46. The Kier molecular flexibility index (Phi) is 6.52. The first-order chi connectivity index (χ1) is 13.5. The van der Waals surface area contributed by atoms with Crippen molar-refractivity contribution in [3.05, 3.63) is 58.5 Å². The van der Waals surface area contributed by atoms with Gasteiger partial charge in [-0.2, -0.15) is 0 Å². The molecule has 2 aromatic carbocycles. The number of rotatable bonds is 7. The fraction of sp³-hybridized carbons (Fsp3) is 0.318. The lowest BCUT2D eigenvalue weighted by Crippen LogP contribution is -2.30. The van der Waals surface area contributed by atoms with Crippen LogP contribution in [0, 0.1) is 0 Å². The maximum absolute atomic E-state index is 12.4. The molecule has 0 unspecified atom stereocenters. The van der Waals surface area contributed by atoms with Gasteiger partial charge in [-0.15, -0.1) is 0 Å². The van der Waals surface area contributed by atoms with E-state index in [0.717, 1.165) is 17.7 Å². The molecule has 1 amide bonds. The third kappa shape index (κ3) is 5.01. The molecule has 0 saturated carbocycles. The highest BCUT2D eigenvalue weighted by Crippen LogP contribution is 2.33. The van der Waals surface area contributed by atoms with E-state index >= 15 is 0 Å². The van der Waals surface area contributed by atoms with Crippen molar-refractivity contribution in [2.45, 2.75) is 38.8 Å². The normalized spacial score (nSPS) is 17.7. The molecule has 5 nitrogen and oxygen atoms in total. The molecule has 2 N–H and O–H groups in total. The second-order valence-electron chi connectivity index (χ2n) is 6.75. The molecule has 0 spiro atoms. The second kappa shape index (κ2) is 9.06. The van der Waals surface area contributed by atoms with Crippen LogP contribution in [0.3, 0.4) is 0 Å². The summed E-state index contributed by atoms with van der Waals surface area (Å²) in [5.74, 6) is 1.25. The predicted octanol–water partition coefficient (Wildman–Crippen LogP) is 4.64. The number of amides is 1. The minimum atomic E-state index is -0.198.